The first-order valence-corrected chi connectivity index (χ1v) is 9.87. The summed E-state index contributed by atoms with van der Waals surface area (Å²) in [5.41, 5.74) is 4.68. The smallest absolute Gasteiger partial charge is 0.270 e. The topological polar surface area (TPSA) is 56.1 Å². The molecule has 1 amide bonds. The third-order valence-corrected chi connectivity index (χ3v) is 4.97. The van der Waals surface area contributed by atoms with E-state index in [1.165, 1.54) is 12.1 Å². The van der Waals surface area contributed by atoms with Gasteiger partial charge >= 0.3 is 0 Å². The number of carbonyl (C=O) groups excluding carboxylic acids is 1. The number of hydrogen-bond donors (Lipinski definition) is 1. The van der Waals surface area contributed by atoms with E-state index < -0.39 is 0 Å². The lowest BCUT2D eigenvalue weighted by Gasteiger charge is -2.09. The van der Waals surface area contributed by atoms with Crippen LogP contribution in [0.3, 0.4) is 0 Å². The van der Waals surface area contributed by atoms with Crippen LogP contribution in [-0.4, -0.2) is 22.8 Å². The monoisotopic (exact) mass is 415 g/mol. The summed E-state index contributed by atoms with van der Waals surface area (Å²) in [5, 5.41) is 7.59. The highest BCUT2D eigenvalue weighted by Crippen LogP contribution is 2.24. The number of amides is 1. The quantitative estimate of drug-likeness (QED) is 0.486. The molecular weight excluding hydrogens is 393 g/mol. The normalized spacial score (nSPS) is 10.7. The standard InChI is InChI=1S/C25H22FN3O2/c1-17-3-11-21(12-4-17)29-24(25(30)27-16-18-5-9-20(26)10-6-18)15-23(28-29)19-7-13-22(31-2)14-8-19/h3-15H,16H2,1-2H3,(H,27,30). The van der Waals surface area contributed by atoms with Gasteiger partial charge in [-0.05, 0) is 67.1 Å². The average molecular weight is 415 g/mol. The Morgan fingerprint density at radius 3 is 2.32 bits per heavy atom. The highest BCUT2D eigenvalue weighted by molar-refractivity contribution is 5.94. The van der Waals surface area contributed by atoms with Gasteiger partial charge in [0.2, 0.25) is 0 Å². The fraction of sp³-hybridized carbons (Fsp3) is 0.120. The van der Waals surface area contributed by atoms with Crippen LogP contribution in [0.1, 0.15) is 21.6 Å². The van der Waals surface area contributed by atoms with Crippen molar-refractivity contribution >= 4 is 5.91 Å². The summed E-state index contributed by atoms with van der Waals surface area (Å²) < 4.78 is 20.0. The molecule has 0 bridgehead atoms. The Balaban J connectivity index is 1.66. The summed E-state index contributed by atoms with van der Waals surface area (Å²) in [6.07, 6.45) is 0. The Morgan fingerprint density at radius 1 is 1.00 bits per heavy atom. The second-order valence-corrected chi connectivity index (χ2v) is 7.20. The summed E-state index contributed by atoms with van der Waals surface area (Å²) >= 11 is 0. The number of nitrogens with one attached hydrogen (secondary N) is 1. The Morgan fingerprint density at radius 2 is 1.68 bits per heavy atom. The van der Waals surface area contributed by atoms with E-state index >= 15 is 0 Å². The second kappa shape index (κ2) is 8.83. The number of halogens is 1. The lowest BCUT2D eigenvalue weighted by atomic mass is 10.1. The molecular formula is C25H22FN3O2. The molecule has 0 saturated carbocycles. The Labute approximate surface area is 180 Å². The van der Waals surface area contributed by atoms with Crippen molar-refractivity contribution in [2.75, 3.05) is 7.11 Å². The number of benzene rings is 3. The van der Waals surface area contributed by atoms with Gasteiger partial charge in [0.1, 0.15) is 17.3 Å². The largest absolute Gasteiger partial charge is 0.497 e. The number of rotatable bonds is 6. The number of aryl methyl sites for hydroxylation is 1. The molecule has 0 spiro atoms. The van der Waals surface area contributed by atoms with E-state index in [1.807, 2.05) is 55.5 Å². The predicted molar refractivity (Wildman–Crippen MR) is 118 cm³/mol. The van der Waals surface area contributed by atoms with Crippen LogP contribution in [0.25, 0.3) is 16.9 Å². The molecule has 0 aliphatic rings. The molecule has 5 nitrogen and oxygen atoms in total. The van der Waals surface area contributed by atoms with Crippen molar-refractivity contribution in [2.24, 2.45) is 0 Å². The Hall–Kier alpha value is -3.93. The van der Waals surface area contributed by atoms with Gasteiger partial charge in [0.05, 0.1) is 18.5 Å². The lowest BCUT2D eigenvalue weighted by molar-refractivity contribution is 0.0943. The van der Waals surface area contributed by atoms with Crippen molar-refractivity contribution in [1.82, 2.24) is 15.1 Å². The van der Waals surface area contributed by atoms with Crippen molar-refractivity contribution < 1.29 is 13.9 Å². The van der Waals surface area contributed by atoms with Gasteiger partial charge in [-0.25, -0.2) is 9.07 Å². The van der Waals surface area contributed by atoms with Crippen molar-refractivity contribution in [3.05, 3.63) is 102 Å². The number of ether oxygens (including phenoxy) is 1. The molecule has 6 heteroatoms. The molecule has 0 aliphatic heterocycles. The summed E-state index contributed by atoms with van der Waals surface area (Å²) in [6.45, 7) is 2.29. The number of nitrogens with zero attached hydrogens (tertiary/aromatic N) is 2. The summed E-state index contributed by atoms with van der Waals surface area (Å²) in [6, 6.07) is 23.1. The van der Waals surface area contributed by atoms with Gasteiger partial charge < -0.3 is 10.1 Å². The van der Waals surface area contributed by atoms with Crippen molar-refractivity contribution in [2.45, 2.75) is 13.5 Å². The van der Waals surface area contributed by atoms with E-state index in [4.69, 9.17) is 4.74 Å². The molecule has 31 heavy (non-hydrogen) atoms. The average Bonchev–Trinajstić information content (AvgIpc) is 3.24. The molecule has 0 fully saturated rings. The SMILES string of the molecule is COc1ccc(-c2cc(C(=O)NCc3ccc(F)cc3)n(-c3ccc(C)cc3)n2)cc1. The minimum absolute atomic E-state index is 0.267. The molecule has 0 radical (unpaired) electrons. The lowest BCUT2D eigenvalue weighted by Crippen LogP contribution is -2.25. The highest BCUT2D eigenvalue weighted by atomic mass is 19.1. The molecule has 3 aromatic carbocycles. The Bertz CT molecular complexity index is 1180. The number of aromatic nitrogens is 2. The molecule has 1 aromatic heterocycles. The van der Waals surface area contributed by atoms with Gasteiger partial charge in [-0.15, -0.1) is 0 Å². The van der Waals surface area contributed by atoms with Gasteiger partial charge in [0.15, 0.2) is 0 Å². The molecule has 0 saturated heterocycles. The molecule has 0 aliphatic carbocycles. The van der Waals surface area contributed by atoms with Crippen LogP contribution in [0.2, 0.25) is 0 Å². The van der Waals surface area contributed by atoms with Gasteiger partial charge in [-0.1, -0.05) is 29.8 Å². The third kappa shape index (κ3) is 4.64. The molecule has 1 heterocycles. The van der Waals surface area contributed by atoms with E-state index in [-0.39, 0.29) is 18.3 Å². The maximum absolute atomic E-state index is 13.1. The zero-order chi connectivity index (χ0) is 21.8. The van der Waals surface area contributed by atoms with Crippen LogP contribution < -0.4 is 10.1 Å². The Kier molecular flexibility index (Phi) is 5.80. The van der Waals surface area contributed by atoms with Crippen LogP contribution in [0.5, 0.6) is 5.75 Å². The maximum Gasteiger partial charge on any atom is 0.270 e. The predicted octanol–water partition coefficient (Wildman–Crippen LogP) is 4.93. The second-order valence-electron chi connectivity index (χ2n) is 7.20. The first-order chi connectivity index (χ1) is 15.0. The van der Waals surface area contributed by atoms with Crippen LogP contribution in [0.15, 0.2) is 78.9 Å². The first-order valence-electron chi connectivity index (χ1n) is 9.87. The summed E-state index contributed by atoms with van der Waals surface area (Å²) in [4.78, 5) is 13.0. The molecule has 4 rings (SSSR count). The first kappa shape index (κ1) is 20.3. The van der Waals surface area contributed by atoms with E-state index in [2.05, 4.69) is 10.4 Å². The number of methoxy groups -OCH3 is 1. The minimum Gasteiger partial charge on any atom is -0.497 e. The molecule has 4 aromatic rings. The number of carbonyl (C=O) groups is 1. The van der Waals surface area contributed by atoms with E-state index in [1.54, 1.807) is 30.0 Å². The van der Waals surface area contributed by atoms with Gasteiger partial charge in [-0.3, -0.25) is 4.79 Å². The summed E-state index contributed by atoms with van der Waals surface area (Å²) in [5.74, 6) is 0.174. The van der Waals surface area contributed by atoms with Crippen molar-refractivity contribution in [3.8, 4) is 22.7 Å². The van der Waals surface area contributed by atoms with E-state index in [0.29, 0.717) is 11.4 Å². The molecule has 1 N–H and O–H groups in total. The zero-order valence-corrected chi connectivity index (χ0v) is 17.3. The minimum atomic E-state index is -0.309. The third-order valence-electron chi connectivity index (χ3n) is 4.97. The van der Waals surface area contributed by atoms with Crippen LogP contribution in [0, 0.1) is 12.7 Å². The zero-order valence-electron chi connectivity index (χ0n) is 17.3. The van der Waals surface area contributed by atoms with Gasteiger partial charge in [-0.2, -0.15) is 5.10 Å². The van der Waals surface area contributed by atoms with Crippen LogP contribution in [0.4, 0.5) is 4.39 Å². The fourth-order valence-electron chi connectivity index (χ4n) is 3.20. The number of hydrogen-bond acceptors (Lipinski definition) is 3. The van der Waals surface area contributed by atoms with Crippen molar-refractivity contribution in [3.63, 3.8) is 0 Å². The van der Waals surface area contributed by atoms with Gasteiger partial charge in [0, 0.05) is 12.1 Å². The molecule has 156 valence electrons. The molecule has 0 unspecified atom stereocenters. The van der Waals surface area contributed by atoms with Crippen LogP contribution in [-0.2, 0) is 6.54 Å². The highest BCUT2D eigenvalue weighted by Gasteiger charge is 2.18. The van der Waals surface area contributed by atoms with Gasteiger partial charge in [0.25, 0.3) is 5.91 Å². The van der Waals surface area contributed by atoms with Crippen molar-refractivity contribution in [1.29, 1.82) is 0 Å². The maximum atomic E-state index is 13.1. The van der Waals surface area contributed by atoms with Crippen LogP contribution >= 0.6 is 0 Å². The van der Waals surface area contributed by atoms with E-state index in [9.17, 15) is 9.18 Å². The molecule has 0 atom stereocenters. The van der Waals surface area contributed by atoms with E-state index in [0.717, 1.165) is 28.1 Å². The summed E-state index contributed by atoms with van der Waals surface area (Å²) in [7, 11) is 1.62. The fourth-order valence-corrected chi connectivity index (χ4v) is 3.20.